The van der Waals surface area contributed by atoms with Gasteiger partial charge in [-0.25, -0.2) is 4.39 Å². The molecular weight excluding hydrogens is 201 g/mol. The van der Waals surface area contributed by atoms with Crippen LogP contribution in [0, 0.1) is 5.82 Å². The van der Waals surface area contributed by atoms with Crippen LogP contribution in [0.15, 0.2) is 30.5 Å². The third-order valence-electron chi connectivity index (χ3n) is 2.99. The summed E-state index contributed by atoms with van der Waals surface area (Å²) in [6, 6.07) is 6.98. The average Bonchev–Trinajstić information content (AvgIpc) is 2.67. The fourth-order valence-electron chi connectivity index (χ4n) is 2.07. The quantitative estimate of drug-likeness (QED) is 0.658. The number of aromatic nitrogens is 1. The van der Waals surface area contributed by atoms with Crippen LogP contribution in [0.1, 0.15) is 32.6 Å². The number of benzene rings is 1. The van der Waals surface area contributed by atoms with Gasteiger partial charge in [-0.05, 0) is 30.7 Å². The van der Waals surface area contributed by atoms with Gasteiger partial charge in [0.05, 0.1) is 0 Å². The molecule has 0 saturated heterocycles. The summed E-state index contributed by atoms with van der Waals surface area (Å²) < 4.78 is 15.2. The lowest BCUT2D eigenvalue weighted by Crippen LogP contribution is -1.95. The first-order valence-corrected chi connectivity index (χ1v) is 6.05. The zero-order valence-corrected chi connectivity index (χ0v) is 9.75. The SMILES string of the molecule is CCCCCCn1ccc2cc(F)ccc21. The van der Waals surface area contributed by atoms with Crippen LogP contribution in [-0.2, 0) is 6.54 Å². The standard InChI is InChI=1S/C14H18FN/c1-2-3-4-5-9-16-10-8-12-11-13(15)6-7-14(12)16/h6-8,10-11H,2-5,9H2,1H3. The number of fused-ring (bicyclic) bond motifs is 1. The van der Waals surface area contributed by atoms with Crippen LogP contribution in [0.25, 0.3) is 10.9 Å². The minimum atomic E-state index is -0.156. The number of nitrogens with zero attached hydrogens (tertiary/aromatic N) is 1. The molecule has 2 heteroatoms. The molecule has 2 aromatic rings. The van der Waals surface area contributed by atoms with Gasteiger partial charge in [-0.3, -0.25) is 0 Å². The van der Waals surface area contributed by atoms with E-state index >= 15 is 0 Å². The Morgan fingerprint density at radius 1 is 1.12 bits per heavy atom. The lowest BCUT2D eigenvalue weighted by atomic mass is 10.2. The molecule has 0 saturated carbocycles. The van der Waals surface area contributed by atoms with E-state index in [9.17, 15) is 4.39 Å². The van der Waals surface area contributed by atoms with Crippen molar-refractivity contribution in [3.05, 3.63) is 36.3 Å². The molecule has 0 fully saturated rings. The molecule has 16 heavy (non-hydrogen) atoms. The Bertz CT molecular complexity index is 459. The summed E-state index contributed by atoms with van der Waals surface area (Å²) in [5, 5.41) is 0.996. The third kappa shape index (κ3) is 2.43. The average molecular weight is 219 g/mol. The highest BCUT2D eigenvalue weighted by atomic mass is 19.1. The fourth-order valence-corrected chi connectivity index (χ4v) is 2.07. The normalized spacial score (nSPS) is 11.1. The van der Waals surface area contributed by atoms with Crippen molar-refractivity contribution in [2.24, 2.45) is 0 Å². The van der Waals surface area contributed by atoms with E-state index in [4.69, 9.17) is 0 Å². The van der Waals surface area contributed by atoms with E-state index in [0.29, 0.717) is 0 Å². The molecule has 86 valence electrons. The molecule has 0 bridgehead atoms. The van der Waals surface area contributed by atoms with Gasteiger partial charge in [-0.2, -0.15) is 0 Å². The van der Waals surface area contributed by atoms with E-state index in [1.165, 1.54) is 31.7 Å². The van der Waals surface area contributed by atoms with Crippen molar-refractivity contribution in [2.45, 2.75) is 39.2 Å². The number of hydrogen-bond acceptors (Lipinski definition) is 0. The first kappa shape index (κ1) is 11.2. The highest BCUT2D eigenvalue weighted by Crippen LogP contribution is 2.17. The molecule has 1 heterocycles. The van der Waals surface area contributed by atoms with Crippen molar-refractivity contribution >= 4 is 10.9 Å². The molecule has 1 aromatic carbocycles. The molecule has 0 aliphatic rings. The van der Waals surface area contributed by atoms with E-state index in [1.54, 1.807) is 6.07 Å². The molecule has 0 aliphatic heterocycles. The van der Waals surface area contributed by atoms with E-state index in [-0.39, 0.29) is 5.82 Å². The van der Waals surface area contributed by atoms with Gasteiger partial charge in [-0.15, -0.1) is 0 Å². The summed E-state index contributed by atoms with van der Waals surface area (Å²) in [7, 11) is 0. The van der Waals surface area contributed by atoms with Crippen LogP contribution in [0.2, 0.25) is 0 Å². The number of rotatable bonds is 5. The highest BCUT2D eigenvalue weighted by Gasteiger charge is 2.01. The number of aryl methyl sites for hydroxylation is 1. The molecule has 0 aliphatic carbocycles. The summed E-state index contributed by atoms with van der Waals surface area (Å²) >= 11 is 0. The first-order valence-electron chi connectivity index (χ1n) is 6.05. The van der Waals surface area contributed by atoms with Crippen LogP contribution >= 0.6 is 0 Å². The Kier molecular flexibility index (Phi) is 3.60. The Morgan fingerprint density at radius 3 is 2.81 bits per heavy atom. The Morgan fingerprint density at radius 2 is 2.00 bits per heavy atom. The minimum Gasteiger partial charge on any atom is -0.347 e. The van der Waals surface area contributed by atoms with Crippen LogP contribution < -0.4 is 0 Å². The summed E-state index contributed by atoms with van der Waals surface area (Å²) in [6.45, 7) is 3.25. The third-order valence-corrected chi connectivity index (χ3v) is 2.99. The van der Waals surface area contributed by atoms with Gasteiger partial charge in [0.15, 0.2) is 0 Å². The number of hydrogen-bond donors (Lipinski definition) is 0. The van der Waals surface area contributed by atoms with Crippen LogP contribution in [0.3, 0.4) is 0 Å². The van der Waals surface area contributed by atoms with E-state index in [2.05, 4.69) is 17.7 Å². The summed E-state index contributed by atoms with van der Waals surface area (Å²) in [6.07, 6.45) is 7.09. The van der Waals surface area contributed by atoms with Crippen molar-refractivity contribution < 1.29 is 4.39 Å². The number of halogens is 1. The topological polar surface area (TPSA) is 4.93 Å². The van der Waals surface area contributed by atoms with Gasteiger partial charge >= 0.3 is 0 Å². The molecule has 1 nitrogen and oxygen atoms in total. The summed E-state index contributed by atoms with van der Waals surface area (Å²) in [4.78, 5) is 0. The van der Waals surface area contributed by atoms with Gasteiger partial charge in [0.1, 0.15) is 5.82 Å². The Balaban J connectivity index is 2.07. The smallest absolute Gasteiger partial charge is 0.123 e. The van der Waals surface area contributed by atoms with Crippen LogP contribution in [0.4, 0.5) is 4.39 Å². The van der Waals surface area contributed by atoms with Crippen molar-refractivity contribution in [1.29, 1.82) is 0 Å². The molecule has 0 unspecified atom stereocenters. The molecule has 0 radical (unpaired) electrons. The second-order valence-corrected chi connectivity index (χ2v) is 4.27. The molecule has 0 amide bonds. The fraction of sp³-hybridized carbons (Fsp3) is 0.429. The monoisotopic (exact) mass is 219 g/mol. The van der Waals surface area contributed by atoms with Gasteiger partial charge in [0, 0.05) is 23.6 Å². The molecule has 0 spiro atoms. The predicted octanol–water partition coefficient (Wildman–Crippen LogP) is 4.36. The van der Waals surface area contributed by atoms with E-state index in [1.807, 2.05) is 12.1 Å². The second-order valence-electron chi connectivity index (χ2n) is 4.27. The van der Waals surface area contributed by atoms with Crippen molar-refractivity contribution in [3.63, 3.8) is 0 Å². The van der Waals surface area contributed by atoms with Gasteiger partial charge in [-0.1, -0.05) is 26.2 Å². The maximum atomic E-state index is 13.0. The van der Waals surface area contributed by atoms with Gasteiger partial charge < -0.3 is 4.57 Å². The second kappa shape index (κ2) is 5.15. The van der Waals surface area contributed by atoms with Crippen LogP contribution in [0.5, 0.6) is 0 Å². The van der Waals surface area contributed by atoms with E-state index < -0.39 is 0 Å². The maximum absolute atomic E-state index is 13.0. The molecule has 0 N–H and O–H groups in total. The zero-order chi connectivity index (χ0) is 11.4. The molecule has 2 rings (SSSR count). The minimum absolute atomic E-state index is 0.156. The Labute approximate surface area is 95.9 Å². The lowest BCUT2D eigenvalue weighted by molar-refractivity contribution is 0.593. The number of unbranched alkanes of at least 4 members (excludes halogenated alkanes) is 3. The predicted molar refractivity (Wildman–Crippen MR) is 66.0 cm³/mol. The highest BCUT2D eigenvalue weighted by molar-refractivity contribution is 5.80. The van der Waals surface area contributed by atoms with Gasteiger partial charge in [0.2, 0.25) is 0 Å². The van der Waals surface area contributed by atoms with Crippen molar-refractivity contribution in [3.8, 4) is 0 Å². The summed E-state index contributed by atoms with van der Waals surface area (Å²) in [5.41, 5.74) is 1.14. The molecule has 0 atom stereocenters. The summed E-state index contributed by atoms with van der Waals surface area (Å²) in [5.74, 6) is -0.156. The van der Waals surface area contributed by atoms with E-state index in [0.717, 1.165) is 17.4 Å². The lowest BCUT2D eigenvalue weighted by Gasteiger charge is -2.04. The zero-order valence-electron chi connectivity index (χ0n) is 9.75. The van der Waals surface area contributed by atoms with Crippen LogP contribution in [-0.4, -0.2) is 4.57 Å². The van der Waals surface area contributed by atoms with Crippen molar-refractivity contribution in [2.75, 3.05) is 0 Å². The maximum Gasteiger partial charge on any atom is 0.123 e. The Hall–Kier alpha value is -1.31. The largest absolute Gasteiger partial charge is 0.347 e. The van der Waals surface area contributed by atoms with Crippen molar-refractivity contribution in [1.82, 2.24) is 4.57 Å². The first-order chi connectivity index (χ1) is 7.81. The van der Waals surface area contributed by atoms with Gasteiger partial charge in [0.25, 0.3) is 0 Å². The molecule has 1 aromatic heterocycles. The molecular formula is C14H18FN.